The normalized spacial score (nSPS) is 13.3. The van der Waals surface area contributed by atoms with E-state index < -0.39 is 0 Å². The molecule has 2 aromatic heterocycles. The molecule has 0 aliphatic heterocycles. The maximum atomic E-state index is 12.8. The zero-order chi connectivity index (χ0) is 20.7. The van der Waals surface area contributed by atoms with Crippen LogP contribution in [0, 0.1) is 6.92 Å². The van der Waals surface area contributed by atoms with Crippen molar-refractivity contribution in [3.8, 4) is 17.0 Å². The maximum absolute atomic E-state index is 12.8. The van der Waals surface area contributed by atoms with Crippen LogP contribution in [0.25, 0.3) is 22.2 Å². The molecule has 6 heteroatoms. The van der Waals surface area contributed by atoms with Crippen molar-refractivity contribution in [1.29, 1.82) is 0 Å². The molecule has 1 N–H and O–H groups in total. The number of carbonyl (C=O) groups excluding carboxylic acids is 1. The Balaban J connectivity index is 1.38. The third-order valence-electron chi connectivity index (χ3n) is 5.72. The Morgan fingerprint density at radius 1 is 1.13 bits per heavy atom. The van der Waals surface area contributed by atoms with Gasteiger partial charge >= 0.3 is 0 Å². The van der Waals surface area contributed by atoms with Crippen molar-refractivity contribution in [2.45, 2.75) is 32.6 Å². The van der Waals surface area contributed by atoms with Gasteiger partial charge in [-0.3, -0.25) is 10.1 Å². The van der Waals surface area contributed by atoms with E-state index in [1.54, 1.807) is 7.11 Å². The van der Waals surface area contributed by atoms with Crippen molar-refractivity contribution in [3.05, 3.63) is 64.2 Å². The van der Waals surface area contributed by atoms with Crippen LogP contribution in [-0.2, 0) is 12.8 Å². The summed E-state index contributed by atoms with van der Waals surface area (Å²) in [7, 11) is 1.62. The predicted octanol–water partition coefficient (Wildman–Crippen LogP) is 6.00. The Kier molecular flexibility index (Phi) is 4.79. The van der Waals surface area contributed by atoms with E-state index in [1.165, 1.54) is 35.3 Å². The minimum absolute atomic E-state index is 0.295. The van der Waals surface area contributed by atoms with Crippen molar-refractivity contribution in [2.75, 3.05) is 12.4 Å². The molecule has 5 nitrogen and oxygen atoms in total. The lowest BCUT2D eigenvalue weighted by molar-refractivity contribution is 0.0998. The topological polar surface area (TPSA) is 64.4 Å². The molecule has 1 aliphatic carbocycles. The minimum Gasteiger partial charge on any atom is -0.497 e. The van der Waals surface area contributed by atoms with E-state index in [0.29, 0.717) is 16.5 Å². The maximum Gasteiger partial charge on any atom is 0.293 e. The molecule has 152 valence electrons. The number of nitrogens with zero attached hydrogens (tertiary/aromatic N) is 1. The first kappa shape index (κ1) is 18.9. The van der Waals surface area contributed by atoms with Crippen LogP contribution in [0.3, 0.4) is 0 Å². The smallest absolute Gasteiger partial charge is 0.293 e. The van der Waals surface area contributed by atoms with Gasteiger partial charge in [0.05, 0.1) is 12.8 Å². The third-order valence-corrected chi connectivity index (χ3v) is 6.48. The number of aromatic nitrogens is 1. The average molecular weight is 419 g/mol. The fourth-order valence-electron chi connectivity index (χ4n) is 4.05. The van der Waals surface area contributed by atoms with Gasteiger partial charge in [-0.1, -0.05) is 12.1 Å². The van der Waals surface area contributed by atoms with Gasteiger partial charge in [0.15, 0.2) is 10.9 Å². The monoisotopic (exact) mass is 418 g/mol. The van der Waals surface area contributed by atoms with Crippen LogP contribution in [0.2, 0.25) is 0 Å². The highest BCUT2D eigenvalue weighted by Crippen LogP contribution is 2.32. The first-order chi connectivity index (χ1) is 14.6. The summed E-state index contributed by atoms with van der Waals surface area (Å²) in [6.07, 6.45) is 4.81. The van der Waals surface area contributed by atoms with Crippen molar-refractivity contribution in [1.82, 2.24) is 4.98 Å². The first-order valence-electron chi connectivity index (χ1n) is 10.1. The molecule has 4 aromatic rings. The standard InChI is InChI=1S/C24H22N2O3S/c1-14-19-12-18(28-2)9-10-21(19)29-22(14)23(27)26-24-25-20(13-30-24)17-8-7-15-5-3-4-6-16(15)11-17/h7-13H,3-6H2,1-2H3,(H,25,26,27). The fraction of sp³-hybridized carbons (Fsp3) is 0.250. The van der Waals surface area contributed by atoms with E-state index >= 15 is 0 Å². The highest BCUT2D eigenvalue weighted by atomic mass is 32.1. The van der Waals surface area contributed by atoms with Crippen LogP contribution in [0.15, 0.2) is 46.2 Å². The van der Waals surface area contributed by atoms with Crippen LogP contribution in [0.4, 0.5) is 5.13 Å². The summed E-state index contributed by atoms with van der Waals surface area (Å²) in [5.41, 5.74) is 6.30. The van der Waals surface area contributed by atoms with Gasteiger partial charge in [-0.2, -0.15) is 0 Å². The Hall–Kier alpha value is -3.12. The van der Waals surface area contributed by atoms with Gasteiger partial charge in [-0.05, 0) is 68.0 Å². The third kappa shape index (κ3) is 3.37. The molecule has 0 spiro atoms. The van der Waals surface area contributed by atoms with Gasteiger partial charge in [0, 0.05) is 21.9 Å². The lowest BCUT2D eigenvalue weighted by Crippen LogP contribution is -2.11. The van der Waals surface area contributed by atoms with Crippen molar-refractivity contribution in [3.63, 3.8) is 0 Å². The highest BCUT2D eigenvalue weighted by molar-refractivity contribution is 7.14. The van der Waals surface area contributed by atoms with E-state index in [1.807, 2.05) is 30.5 Å². The summed E-state index contributed by atoms with van der Waals surface area (Å²) in [5, 5.41) is 6.30. The SMILES string of the molecule is COc1ccc2oc(C(=O)Nc3nc(-c4ccc5c(c4)CCCC5)cs3)c(C)c2c1. The zero-order valence-corrected chi connectivity index (χ0v) is 17.8. The molecule has 0 radical (unpaired) electrons. The lowest BCUT2D eigenvalue weighted by Gasteiger charge is -2.16. The quantitative estimate of drug-likeness (QED) is 0.441. The number of methoxy groups -OCH3 is 1. The second kappa shape index (κ2) is 7.61. The molecule has 0 unspecified atom stereocenters. The number of benzene rings is 2. The number of anilines is 1. The van der Waals surface area contributed by atoms with Gasteiger partial charge in [0.1, 0.15) is 11.3 Å². The van der Waals surface area contributed by atoms with Crippen LogP contribution >= 0.6 is 11.3 Å². The number of furan rings is 1. The number of amides is 1. The molecule has 30 heavy (non-hydrogen) atoms. The number of carbonyl (C=O) groups is 1. The summed E-state index contributed by atoms with van der Waals surface area (Å²) in [6.45, 7) is 1.88. The zero-order valence-electron chi connectivity index (χ0n) is 17.0. The Bertz CT molecular complexity index is 1250. The van der Waals surface area contributed by atoms with E-state index in [-0.39, 0.29) is 5.91 Å². The van der Waals surface area contributed by atoms with Gasteiger partial charge in [-0.25, -0.2) is 4.98 Å². The Labute approximate surface area is 178 Å². The predicted molar refractivity (Wildman–Crippen MR) is 120 cm³/mol. The van der Waals surface area contributed by atoms with E-state index in [9.17, 15) is 4.79 Å². The van der Waals surface area contributed by atoms with E-state index in [0.717, 1.165) is 40.8 Å². The number of nitrogens with one attached hydrogen (secondary N) is 1. The molecule has 0 atom stereocenters. The molecule has 0 bridgehead atoms. The number of rotatable bonds is 4. The summed E-state index contributed by atoms with van der Waals surface area (Å²) >= 11 is 1.42. The average Bonchev–Trinajstić information content (AvgIpc) is 3.37. The number of aryl methyl sites for hydroxylation is 3. The molecule has 0 saturated heterocycles. The minimum atomic E-state index is -0.297. The molecule has 0 saturated carbocycles. The van der Waals surface area contributed by atoms with Gasteiger partial charge in [-0.15, -0.1) is 11.3 Å². The largest absolute Gasteiger partial charge is 0.497 e. The van der Waals surface area contributed by atoms with Crippen molar-refractivity contribution < 1.29 is 13.9 Å². The lowest BCUT2D eigenvalue weighted by atomic mass is 9.90. The van der Waals surface area contributed by atoms with Crippen molar-refractivity contribution >= 4 is 33.3 Å². The molecule has 5 rings (SSSR count). The molecule has 0 fully saturated rings. The summed E-state index contributed by atoms with van der Waals surface area (Å²) < 4.78 is 11.1. The second-order valence-corrected chi connectivity index (χ2v) is 8.46. The van der Waals surface area contributed by atoms with E-state index in [4.69, 9.17) is 9.15 Å². The van der Waals surface area contributed by atoms with Crippen LogP contribution in [-0.4, -0.2) is 18.0 Å². The molecule has 2 aromatic carbocycles. The first-order valence-corrected chi connectivity index (χ1v) is 11.0. The number of ether oxygens (including phenoxy) is 1. The van der Waals surface area contributed by atoms with Gasteiger partial charge in [0.25, 0.3) is 5.91 Å². The molecular weight excluding hydrogens is 396 g/mol. The van der Waals surface area contributed by atoms with Crippen LogP contribution in [0.5, 0.6) is 5.75 Å². The summed E-state index contributed by atoms with van der Waals surface area (Å²) in [5.74, 6) is 0.728. The number of thiazole rings is 1. The summed E-state index contributed by atoms with van der Waals surface area (Å²) in [4.78, 5) is 17.5. The Morgan fingerprint density at radius 2 is 1.97 bits per heavy atom. The van der Waals surface area contributed by atoms with Crippen LogP contribution < -0.4 is 10.1 Å². The molecule has 1 aliphatic rings. The molecule has 2 heterocycles. The summed E-state index contributed by atoms with van der Waals surface area (Å²) in [6, 6.07) is 12.1. The number of hydrogen-bond donors (Lipinski definition) is 1. The van der Waals surface area contributed by atoms with Gasteiger partial charge in [0.2, 0.25) is 0 Å². The Morgan fingerprint density at radius 3 is 2.80 bits per heavy atom. The van der Waals surface area contributed by atoms with E-state index in [2.05, 4.69) is 28.5 Å². The van der Waals surface area contributed by atoms with Crippen molar-refractivity contribution in [2.24, 2.45) is 0 Å². The highest BCUT2D eigenvalue weighted by Gasteiger charge is 2.20. The van der Waals surface area contributed by atoms with Gasteiger partial charge < -0.3 is 9.15 Å². The number of fused-ring (bicyclic) bond motifs is 2. The van der Waals surface area contributed by atoms with Crippen LogP contribution in [0.1, 0.15) is 40.1 Å². The molecule has 1 amide bonds. The second-order valence-electron chi connectivity index (χ2n) is 7.60. The fourth-order valence-corrected chi connectivity index (χ4v) is 4.77. The molecular formula is C24H22N2O3S. The number of hydrogen-bond acceptors (Lipinski definition) is 5.